The minimum Gasteiger partial charge on any atom is -0.365 e. The first-order valence-electron chi connectivity index (χ1n) is 15.5. The van der Waals surface area contributed by atoms with Crippen LogP contribution in [0.1, 0.15) is 95.3 Å². The lowest BCUT2D eigenvalue weighted by molar-refractivity contribution is 0.235. The molecule has 0 spiro atoms. The molecular formula is C32H44N8O. The highest BCUT2D eigenvalue weighted by Crippen LogP contribution is 2.50. The summed E-state index contributed by atoms with van der Waals surface area (Å²) < 4.78 is 2.43. The van der Waals surface area contributed by atoms with Crippen LogP contribution in [0.25, 0.3) is 11.2 Å². The van der Waals surface area contributed by atoms with Gasteiger partial charge in [-0.2, -0.15) is 0 Å². The summed E-state index contributed by atoms with van der Waals surface area (Å²) in [5.41, 5.74) is 8.15. The van der Waals surface area contributed by atoms with Gasteiger partial charge >= 0.3 is 6.03 Å². The Balaban J connectivity index is 1.53. The molecule has 0 aliphatic heterocycles. The highest BCUT2D eigenvalue weighted by Gasteiger charge is 2.45. The normalized spacial score (nSPS) is 22.9. The molecule has 0 bridgehead atoms. The first kappa shape index (κ1) is 27.7. The number of urea groups is 1. The molecule has 0 saturated heterocycles. The number of nitrogens with one attached hydrogen (secondary N) is 2. The molecule has 3 fully saturated rings. The number of nitrogens with zero attached hydrogens (tertiary/aromatic N) is 5. The van der Waals surface area contributed by atoms with Crippen LogP contribution < -0.4 is 11.1 Å². The van der Waals surface area contributed by atoms with Crippen molar-refractivity contribution in [2.45, 2.75) is 96.1 Å². The van der Waals surface area contributed by atoms with Gasteiger partial charge in [-0.05, 0) is 68.8 Å². The number of nitrogens with two attached hydrogens (primary N) is 1. The van der Waals surface area contributed by atoms with Gasteiger partial charge in [0.05, 0.1) is 5.41 Å². The minimum absolute atomic E-state index is 0.127. The van der Waals surface area contributed by atoms with Crippen LogP contribution in [-0.4, -0.2) is 49.4 Å². The number of fused-ring (bicyclic) bond motifs is 1. The van der Waals surface area contributed by atoms with Gasteiger partial charge in [-0.25, -0.2) is 19.7 Å². The summed E-state index contributed by atoms with van der Waals surface area (Å²) in [6, 6.07) is 10.3. The van der Waals surface area contributed by atoms with E-state index in [1.807, 2.05) is 0 Å². The Kier molecular flexibility index (Phi) is 7.47. The lowest BCUT2D eigenvalue weighted by atomic mass is 9.63. The van der Waals surface area contributed by atoms with E-state index in [9.17, 15) is 4.79 Å². The third kappa shape index (κ3) is 5.08. The number of aromatic nitrogens is 4. The Morgan fingerprint density at radius 2 is 1.80 bits per heavy atom. The van der Waals surface area contributed by atoms with Gasteiger partial charge in [-0.1, -0.05) is 62.9 Å². The number of carbonyl (C=O) groups is 1. The molecule has 2 heterocycles. The summed E-state index contributed by atoms with van der Waals surface area (Å²) in [4.78, 5) is 28.0. The van der Waals surface area contributed by atoms with Gasteiger partial charge in [0.2, 0.25) is 0 Å². The number of amidine groups is 1. The average Bonchev–Trinajstić information content (AvgIpc) is 3.26. The van der Waals surface area contributed by atoms with Crippen LogP contribution in [-0.2, 0) is 12.0 Å². The van der Waals surface area contributed by atoms with Crippen molar-refractivity contribution in [1.82, 2.24) is 24.4 Å². The van der Waals surface area contributed by atoms with Crippen molar-refractivity contribution in [1.29, 1.82) is 5.41 Å². The van der Waals surface area contributed by atoms with Gasteiger partial charge in [0, 0.05) is 19.6 Å². The largest absolute Gasteiger partial charge is 0.365 e. The highest BCUT2D eigenvalue weighted by atomic mass is 16.2. The third-order valence-corrected chi connectivity index (χ3v) is 10.2. The topological polar surface area (TPSA) is 126 Å². The number of anilines is 1. The van der Waals surface area contributed by atoms with Crippen LogP contribution in [0, 0.1) is 23.2 Å². The lowest BCUT2D eigenvalue weighted by Gasteiger charge is -2.42. The van der Waals surface area contributed by atoms with Crippen molar-refractivity contribution in [3.05, 3.63) is 47.5 Å². The first-order valence-corrected chi connectivity index (χ1v) is 15.5. The van der Waals surface area contributed by atoms with Gasteiger partial charge in [-0.3, -0.25) is 10.3 Å². The minimum atomic E-state index is -0.716. The predicted molar refractivity (Wildman–Crippen MR) is 162 cm³/mol. The highest BCUT2D eigenvalue weighted by molar-refractivity contribution is 6.04. The van der Waals surface area contributed by atoms with Crippen molar-refractivity contribution < 1.29 is 4.79 Å². The maximum atomic E-state index is 11.9. The fourth-order valence-corrected chi connectivity index (χ4v) is 7.02. The van der Waals surface area contributed by atoms with Crippen molar-refractivity contribution in [2.24, 2.45) is 23.5 Å². The Labute approximate surface area is 242 Å². The second-order valence-electron chi connectivity index (χ2n) is 12.9. The molecule has 218 valence electrons. The number of hydrogen-bond acceptors (Lipinski definition) is 6. The molecular weight excluding hydrogens is 512 g/mol. The van der Waals surface area contributed by atoms with Gasteiger partial charge < -0.3 is 15.6 Å². The molecule has 6 rings (SSSR count). The smallest absolute Gasteiger partial charge is 0.320 e. The van der Waals surface area contributed by atoms with Gasteiger partial charge in [0.15, 0.2) is 23.1 Å². The quantitative estimate of drug-likeness (QED) is 0.230. The molecule has 1 atom stereocenters. The summed E-state index contributed by atoms with van der Waals surface area (Å²) in [6.07, 6.45) is 11.9. The van der Waals surface area contributed by atoms with Crippen LogP contribution in [0.5, 0.6) is 0 Å². The van der Waals surface area contributed by atoms with Crippen molar-refractivity contribution in [3.63, 3.8) is 0 Å². The molecule has 3 saturated carbocycles. The number of benzene rings is 1. The molecule has 9 heteroatoms. The Bertz CT molecular complexity index is 1420. The molecule has 0 radical (unpaired) electrons. The molecule has 41 heavy (non-hydrogen) atoms. The van der Waals surface area contributed by atoms with Crippen LogP contribution in [0.3, 0.4) is 0 Å². The number of primary amides is 1. The molecule has 3 aliphatic carbocycles. The SMILES string of the molecule is C[C@@H](Nc1nc(C(=N)N(C)C(N)=O)nc2nc(C3(c4ccccc4)CCC3)n(C[C@H]3CC[C@H](C)CC3)c12)C1CCC1. The molecule has 2 amide bonds. The van der Waals surface area contributed by atoms with Crippen LogP contribution in [0.4, 0.5) is 10.6 Å². The summed E-state index contributed by atoms with van der Waals surface area (Å²) in [5, 5.41) is 12.4. The number of imidazole rings is 1. The van der Waals surface area contributed by atoms with E-state index in [2.05, 4.69) is 54.1 Å². The van der Waals surface area contributed by atoms with Gasteiger partial charge in [-0.15, -0.1) is 0 Å². The monoisotopic (exact) mass is 556 g/mol. The van der Waals surface area contributed by atoms with E-state index in [0.717, 1.165) is 48.0 Å². The van der Waals surface area contributed by atoms with E-state index in [1.54, 1.807) is 0 Å². The summed E-state index contributed by atoms with van der Waals surface area (Å²) in [7, 11) is 1.48. The van der Waals surface area contributed by atoms with E-state index in [-0.39, 0.29) is 23.1 Å². The molecule has 3 aromatic rings. The lowest BCUT2D eigenvalue weighted by Crippen LogP contribution is -2.39. The van der Waals surface area contributed by atoms with Gasteiger partial charge in [0.25, 0.3) is 0 Å². The van der Waals surface area contributed by atoms with Crippen molar-refractivity contribution in [2.75, 3.05) is 12.4 Å². The zero-order valence-electron chi connectivity index (χ0n) is 24.7. The fourth-order valence-electron chi connectivity index (χ4n) is 7.02. The molecule has 9 nitrogen and oxygen atoms in total. The van der Waals surface area contributed by atoms with Crippen molar-refractivity contribution in [3.8, 4) is 0 Å². The fraction of sp³-hybridized carbons (Fsp3) is 0.594. The van der Waals surface area contributed by atoms with E-state index >= 15 is 0 Å². The molecule has 4 N–H and O–H groups in total. The number of hydrogen-bond donors (Lipinski definition) is 3. The van der Waals surface area contributed by atoms with E-state index < -0.39 is 6.03 Å². The second-order valence-corrected chi connectivity index (χ2v) is 12.9. The second kappa shape index (κ2) is 11.1. The summed E-state index contributed by atoms with van der Waals surface area (Å²) in [5.74, 6) is 3.75. The molecule has 0 unspecified atom stereocenters. The Morgan fingerprint density at radius 1 is 1.10 bits per heavy atom. The summed E-state index contributed by atoms with van der Waals surface area (Å²) in [6.45, 7) is 5.48. The van der Waals surface area contributed by atoms with Crippen LogP contribution >= 0.6 is 0 Å². The predicted octanol–water partition coefficient (Wildman–Crippen LogP) is 6.06. The van der Waals surface area contributed by atoms with Crippen LogP contribution in [0.15, 0.2) is 30.3 Å². The number of amides is 2. The molecule has 2 aromatic heterocycles. The average molecular weight is 557 g/mol. The van der Waals surface area contributed by atoms with E-state index in [1.165, 1.54) is 57.6 Å². The number of rotatable bonds is 8. The zero-order chi connectivity index (χ0) is 28.7. The van der Waals surface area contributed by atoms with Crippen molar-refractivity contribution >= 4 is 28.8 Å². The van der Waals surface area contributed by atoms with Crippen LogP contribution in [0.2, 0.25) is 0 Å². The van der Waals surface area contributed by atoms with Gasteiger partial charge in [0.1, 0.15) is 11.3 Å². The zero-order valence-corrected chi connectivity index (χ0v) is 24.7. The number of carbonyl (C=O) groups excluding carboxylic acids is 1. The van der Waals surface area contributed by atoms with E-state index in [4.69, 9.17) is 26.1 Å². The third-order valence-electron chi connectivity index (χ3n) is 10.2. The Hall–Kier alpha value is -3.49. The summed E-state index contributed by atoms with van der Waals surface area (Å²) >= 11 is 0. The first-order chi connectivity index (χ1) is 19.8. The standard InChI is InChI=1S/C32H44N8O/c1-20-13-15-22(16-14-20)19-40-25-27(35-21(2)23-9-7-10-23)36-29(26(33)39(3)31(34)41)37-28(25)38-30(40)32(17-8-18-32)24-11-5-4-6-12-24/h4-6,11-12,20-23,33H,7-10,13-19H2,1-3H3,(H2,34,41)(H,35,36,37)/t20-,21-,22-/m1/s1. The maximum absolute atomic E-state index is 11.9. The van der Waals surface area contributed by atoms with E-state index in [0.29, 0.717) is 23.3 Å². The molecule has 1 aromatic carbocycles. The maximum Gasteiger partial charge on any atom is 0.320 e. The Morgan fingerprint density at radius 3 is 2.39 bits per heavy atom. The molecule has 3 aliphatic rings.